The molecule has 0 aliphatic carbocycles. The molecule has 31 heavy (non-hydrogen) atoms. The number of ether oxygens (including phenoxy) is 1. The van der Waals surface area contributed by atoms with Crippen molar-refractivity contribution in [1.29, 1.82) is 0 Å². The zero-order valence-electron chi connectivity index (χ0n) is 17.1. The van der Waals surface area contributed by atoms with E-state index in [4.69, 9.17) is 4.74 Å². The van der Waals surface area contributed by atoms with E-state index in [1.807, 2.05) is 32.0 Å². The molecule has 2 aromatic rings. The quantitative estimate of drug-likeness (QED) is 0.609. The summed E-state index contributed by atoms with van der Waals surface area (Å²) in [6, 6.07) is 12.3. The number of hydrazine groups is 1. The van der Waals surface area contributed by atoms with Crippen molar-refractivity contribution in [3.8, 4) is 0 Å². The molecule has 1 heterocycles. The number of esters is 1. The van der Waals surface area contributed by atoms with Crippen LogP contribution in [0.5, 0.6) is 0 Å². The van der Waals surface area contributed by atoms with Crippen LogP contribution in [0.2, 0.25) is 0 Å². The van der Waals surface area contributed by atoms with E-state index in [9.17, 15) is 19.2 Å². The van der Waals surface area contributed by atoms with Crippen molar-refractivity contribution in [1.82, 2.24) is 10.4 Å². The topological polar surface area (TPSA) is 105 Å². The van der Waals surface area contributed by atoms with Crippen molar-refractivity contribution >= 4 is 45.3 Å². The number of carbonyl (C=O) groups excluding carboxylic acids is 4. The summed E-state index contributed by atoms with van der Waals surface area (Å²) >= 11 is 3.29. The van der Waals surface area contributed by atoms with Crippen LogP contribution in [-0.4, -0.2) is 41.9 Å². The minimum Gasteiger partial charge on any atom is -0.455 e. The maximum absolute atomic E-state index is 12.3. The monoisotopic (exact) mass is 487 g/mol. The van der Waals surface area contributed by atoms with Gasteiger partial charge in [0.1, 0.15) is 0 Å². The van der Waals surface area contributed by atoms with Gasteiger partial charge in [-0.25, -0.2) is 0 Å². The number of halogens is 1. The lowest BCUT2D eigenvalue weighted by Gasteiger charge is -2.17. The Morgan fingerprint density at radius 2 is 1.74 bits per heavy atom. The summed E-state index contributed by atoms with van der Waals surface area (Å²) < 4.78 is 5.90. The second-order valence-corrected chi connectivity index (χ2v) is 8.30. The molecule has 0 aromatic heterocycles. The molecule has 3 rings (SSSR count). The van der Waals surface area contributed by atoms with Gasteiger partial charge in [0.25, 0.3) is 11.8 Å². The Kier molecular flexibility index (Phi) is 7.06. The number of amides is 3. The maximum Gasteiger partial charge on any atom is 0.311 e. The van der Waals surface area contributed by atoms with Gasteiger partial charge in [-0.1, -0.05) is 22.0 Å². The van der Waals surface area contributed by atoms with E-state index in [2.05, 4.69) is 26.7 Å². The van der Waals surface area contributed by atoms with Gasteiger partial charge in [-0.2, -0.15) is 0 Å². The van der Waals surface area contributed by atoms with Gasteiger partial charge in [0.05, 0.1) is 12.5 Å². The molecule has 1 aliphatic heterocycles. The van der Waals surface area contributed by atoms with Crippen LogP contribution in [-0.2, 0) is 19.1 Å². The van der Waals surface area contributed by atoms with Gasteiger partial charge >= 0.3 is 5.97 Å². The fourth-order valence-corrected chi connectivity index (χ4v) is 3.52. The normalized spacial score (nSPS) is 15.5. The average molecular weight is 488 g/mol. The number of hydrogen-bond donors (Lipinski definition) is 2. The molecule has 9 heteroatoms. The molecule has 1 atom stereocenters. The van der Waals surface area contributed by atoms with Gasteiger partial charge in [0.15, 0.2) is 6.61 Å². The first-order chi connectivity index (χ1) is 14.7. The smallest absolute Gasteiger partial charge is 0.311 e. The fraction of sp³-hybridized carbons (Fsp3) is 0.273. The number of hydrogen-bond acceptors (Lipinski definition) is 5. The number of anilines is 1. The zero-order valence-corrected chi connectivity index (χ0v) is 18.7. The van der Waals surface area contributed by atoms with E-state index < -0.39 is 36.2 Å². The Morgan fingerprint density at radius 1 is 1.10 bits per heavy atom. The molecule has 0 radical (unpaired) electrons. The highest BCUT2D eigenvalue weighted by molar-refractivity contribution is 9.10. The lowest BCUT2D eigenvalue weighted by atomic mass is 10.1. The molecule has 0 saturated carbocycles. The molecule has 0 unspecified atom stereocenters. The molecular formula is C22H22BrN3O5. The van der Waals surface area contributed by atoms with Crippen LogP contribution >= 0.6 is 15.9 Å². The highest BCUT2D eigenvalue weighted by Crippen LogP contribution is 2.19. The van der Waals surface area contributed by atoms with Crippen LogP contribution in [0.4, 0.5) is 5.69 Å². The van der Waals surface area contributed by atoms with Crippen molar-refractivity contribution in [3.05, 3.63) is 63.6 Å². The summed E-state index contributed by atoms with van der Waals surface area (Å²) in [5, 5.41) is 3.78. The summed E-state index contributed by atoms with van der Waals surface area (Å²) in [5.74, 6) is -2.74. The van der Waals surface area contributed by atoms with Crippen molar-refractivity contribution < 1.29 is 23.9 Å². The number of aryl methyl sites for hydroxylation is 2. The number of nitrogens with one attached hydrogen (secondary N) is 2. The Labute approximate surface area is 188 Å². The third kappa shape index (κ3) is 6.14. The van der Waals surface area contributed by atoms with Crippen LogP contribution in [0, 0.1) is 19.8 Å². The number of carbonyl (C=O) groups is 4. The molecule has 1 saturated heterocycles. The van der Waals surface area contributed by atoms with Gasteiger partial charge in [-0.3, -0.25) is 29.6 Å². The summed E-state index contributed by atoms with van der Waals surface area (Å²) in [7, 11) is 0. The fourth-order valence-electron chi connectivity index (χ4n) is 3.26. The highest BCUT2D eigenvalue weighted by atomic mass is 79.9. The SMILES string of the molecule is Cc1cc(C)cc(NC(=O)COC(=O)[C@@H]2CC(=O)N(NC(=O)c3ccc(Br)cc3)C2)c1. The second-order valence-electron chi connectivity index (χ2n) is 7.39. The molecular weight excluding hydrogens is 466 g/mol. The molecule has 1 aliphatic rings. The molecule has 8 nitrogen and oxygen atoms in total. The summed E-state index contributed by atoms with van der Waals surface area (Å²) in [6.45, 7) is 3.36. The van der Waals surface area contributed by atoms with Gasteiger partial charge in [-0.05, 0) is 61.4 Å². The summed E-state index contributed by atoms with van der Waals surface area (Å²) in [6.07, 6.45) is -0.0991. The first-order valence-electron chi connectivity index (χ1n) is 9.63. The van der Waals surface area contributed by atoms with Crippen LogP contribution in [0.25, 0.3) is 0 Å². The molecule has 0 spiro atoms. The van der Waals surface area contributed by atoms with E-state index >= 15 is 0 Å². The van der Waals surface area contributed by atoms with Gasteiger partial charge < -0.3 is 10.1 Å². The first kappa shape index (κ1) is 22.5. The number of rotatable bonds is 6. The van der Waals surface area contributed by atoms with E-state index in [0.29, 0.717) is 11.3 Å². The predicted octanol–water partition coefficient (Wildman–Crippen LogP) is 2.74. The standard InChI is InChI=1S/C22H22BrN3O5/c1-13-7-14(2)9-18(8-13)24-19(27)12-31-22(30)16-10-20(28)26(11-16)25-21(29)15-3-5-17(23)6-4-15/h3-9,16H,10-12H2,1-2H3,(H,24,27)(H,25,29)/t16-/m1/s1. The average Bonchev–Trinajstić information content (AvgIpc) is 3.06. The Balaban J connectivity index is 1.48. The van der Waals surface area contributed by atoms with E-state index in [0.717, 1.165) is 20.6 Å². The lowest BCUT2D eigenvalue weighted by Crippen LogP contribution is -2.43. The largest absolute Gasteiger partial charge is 0.455 e. The molecule has 2 aromatic carbocycles. The Hall–Kier alpha value is -3.20. The van der Waals surface area contributed by atoms with Crippen LogP contribution < -0.4 is 10.7 Å². The Morgan fingerprint density at radius 3 is 2.39 bits per heavy atom. The molecule has 2 N–H and O–H groups in total. The molecule has 0 bridgehead atoms. The molecule has 162 valence electrons. The van der Waals surface area contributed by atoms with Crippen molar-refractivity contribution in [3.63, 3.8) is 0 Å². The summed E-state index contributed by atoms with van der Waals surface area (Å²) in [5.41, 5.74) is 5.50. The highest BCUT2D eigenvalue weighted by Gasteiger charge is 2.36. The van der Waals surface area contributed by atoms with Gasteiger partial charge in [0.2, 0.25) is 5.91 Å². The minimum atomic E-state index is -0.758. The predicted molar refractivity (Wildman–Crippen MR) is 117 cm³/mol. The maximum atomic E-state index is 12.3. The van der Waals surface area contributed by atoms with Gasteiger partial charge in [-0.15, -0.1) is 0 Å². The number of benzene rings is 2. The van der Waals surface area contributed by atoms with E-state index in [1.165, 1.54) is 0 Å². The van der Waals surface area contributed by atoms with Crippen LogP contribution in [0.3, 0.4) is 0 Å². The third-order valence-electron chi connectivity index (χ3n) is 4.65. The van der Waals surface area contributed by atoms with Crippen molar-refractivity contribution in [2.45, 2.75) is 20.3 Å². The lowest BCUT2D eigenvalue weighted by molar-refractivity contribution is -0.151. The molecule has 3 amide bonds. The summed E-state index contributed by atoms with van der Waals surface area (Å²) in [4.78, 5) is 48.8. The van der Waals surface area contributed by atoms with Crippen molar-refractivity contribution in [2.24, 2.45) is 5.92 Å². The molecule has 1 fully saturated rings. The van der Waals surface area contributed by atoms with E-state index in [1.54, 1.807) is 24.3 Å². The third-order valence-corrected chi connectivity index (χ3v) is 5.18. The Bertz CT molecular complexity index is 1000. The van der Waals surface area contributed by atoms with E-state index in [-0.39, 0.29) is 13.0 Å². The van der Waals surface area contributed by atoms with Crippen LogP contribution in [0.15, 0.2) is 46.9 Å². The van der Waals surface area contributed by atoms with Gasteiger partial charge in [0, 0.05) is 22.1 Å². The van der Waals surface area contributed by atoms with Crippen LogP contribution in [0.1, 0.15) is 27.9 Å². The first-order valence-corrected chi connectivity index (χ1v) is 10.4. The second kappa shape index (κ2) is 9.74. The number of nitrogens with zero attached hydrogens (tertiary/aromatic N) is 1. The minimum absolute atomic E-state index is 0.0152. The van der Waals surface area contributed by atoms with Crippen molar-refractivity contribution in [2.75, 3.05) is 18.5 Å². The zero-order chi connectivity index (χ0) is 22.5.